The maximum absolute atomic E-state index is 5.55. The van der Waals surface area contributed by atoms with Gasteiger partial charge in [-0.2, -0.15) is 0 Å². The van der Waals surface area contributed by atoms with E-state index in [-0.39, 0.29) is 6.79 Å². The topological polar surface area (TPSA) is 51.0 Å². The van der Waals surface area contributed by atoms with E-state index in [2.05, 4.69) is 39.0 Å². The molecule has 0 bridgehead atoms. The molecule has 4 heterocycles. The average molecular weight is 336 g/mol. The third-order valence-electron chi connectivity index (χ3n) is 4.86. The molecule has 1 saturated heterocycles. The lowest BCUT2D eigenvalue weighted by Gasteiger charge is -2.27. The van der Waals surface area contributed by atoms with Crippen molar-refractivity contribution in [3.63, 3.8) is 0 Å². The molecule has 0 amide bonds. The first-order valence-corrected chi connectivity index (χ1v) is 8.67. The van der Waals surface area contributed by atoms with Gasteiger partial charge in [0, 0.05) is 44.5 Å². The number of hydrogen-bond donors (Lipinski definition) is 1. The maximum atomic E-state index is 5.55. The maximum Gasteiger partial charge on any atom is 0.231 e. The minimum atomic E-state index is 0.289. The molecule has 0 unspecified atom stereocenters. The van der Waals surface area contributed by atoms with Gasteiger partial charge in [-0.05, 0) is 30.3 Å². The van der Waals surface area contributed by atoms with Gasteiger partial charge in [-0.1, -0.05) is 6.07 Å². The normalized spacial score (nSPS) is 17.3. The lowest BCUT2D eigenvalue weighted by Crippen LogP contribution is -2.43. The second kappa shape index (κ2) is 6.06. The van der Waals surface area contributed by atoms with Gasteiger partial charge in [0.2, 0.25) is 6.79 Å². The van der Waals surface area contributed by atoms with Crippen molar-refractivity contribution in [3.05, 3.63) is 48.3 Å². The molecule has 5 rings (SSSR count). The minimum absolute atomic E-state index is 0.289. The average Bonchev–Trinajstić information content (AvgIpc) is 3.27. The second-order valence-electron chi connectivity index (χ2n) is 6.43. The third kappa shape index (κ3) is 2.63. The summed E-state index contributed by atoms with van der Waals surface area (Å²) < 4.78 is 13.2. The van der Waals surface area contributed by atoms with Crippen molar-refractivity contribution in [2.75, 3.05) is 33.0 Å². The zero-order valence-corrected chi connectivity index (χ0v) is 13.9. The van der Waals surface area contributed by atoms with Gasteiger partial charge in [0.15, 0.2) is 11.5 Å². The minimum Gasteiger partial charge on any atom is -0.454 e. The number of nitrogens with zero attached hydrogens (tertiary/aromatic N) is 3. The van der Waals surface area contributed by atoms with Crippen LogP contribution in [-0.2, 0) is 6.54 Å². The van der Waals surface area contributed by atoms with Crippen LogP contribution in [0.2, 0.25) is 0 Å². The summed E-state index contributed by atoms with van der Waals surface area (Å²) in [5.41, 5.74) is 4.28. The molecule has 25 heavy (non-hydrogen) atoms. The van der Waals surface area contributed by atoms with Crippen molar-refractivity contribution in [2.45, 2.75) is 6.54 Å². The highest BCUT2D eigenvalue weighted by Gasteiger charge is 2.20. The van der Waals surface area contributed by atoms with Crippen molar-refractivity contribution in [1.29, 1.82) is 0 Å². The number of hydrogen-bond acceptors (Lipinski definition) is 5. The molecule has 0 aliphatic carbocycles. The second-order valence-corrected chi connectivity index (χ2v) is 6.43. The molecular formula is C19H20N4O2. The Morgan fingerprint density at radius 2 is 1.92 bits per heavy atom. The van der Waals surface area contributed by atoms with Crippen LogP contribution in [-0.4, -0.2) is 47.3 Å². The Labute approximate surface area is 146 Å². The molecule has 6 heteroatoms. The summed E-state index contributed by atoms with van der Waals surface area (Å²) in [4.78, 5) is 7.37. The van der Waals surface area contributed by atoms with Crippen molar-refractivity contribution < 1.29 is 9.47 Å². The van der Waals surface area contributed by atoms with E-state index in [1.807, 2.05) is 18.2 Å². The monoisotopic (exact) mass is 336 g/mol. The summed E-state index contributed by atoms with van der Waals surface area (Å²) in [5.74, 6) is 1.60. The van der Waals surface area contributed by atoms with E-state index in [0.29, 0.717) is 0 Å². The zero-order valence-electron chi connectivity index (χ0n) is 13.9. The zero-order chi connectivity index (χ0) is 16.6. The molecule has 0 spiro atoms. The molecule has 2 aromatic heterocycles. The predicted molar refractivity (Wildman–Crippen MR) is 94.9 cm³/mol. The number of ether oxygens (including phenoxy) is 2. The summed E-state index contributed by atoms with van der Waals surface area (Å²) in [6.45, 7) is 5.36. The van der Waals surface area contributed by atoms with Crippen LogP contribution in [0.4, 0.5) is 0 Å². The van der Waals surface area contributed by atoms with Crippen LogP contribution in [0.25, 0.3) is 16.9 Å². The van der Waals surface area contributed by atoms with Gasteiger partial charge < -0.3 is 19.2 Å². The lowest BCUT2D eigenvalue weighted by molar-refractivity contribution is 0.174. The highest BCUT2D eigenvalue weighted by Crippen LogP contribution is 2.37. The van der Waals surface area contributed by atoms with Crippen molar-refractivity contribution in [1.82, 2.24) is 19.6 Å². The first kappa shape index (κ1) is 14.7. The molecule has 0 saturated carbocycles. The first-order valence-electron chi connectivity index (χ1n) is 8.67. The number of pyridine rings is 1. The summed E-state index contributed by atoms with van der Waals surface area (Å²) in [6, 6.07) is 12.2. The molecule has 3 aromatic rings. The Kier molecular flexibility index (Phi) is 3.57. The first-order chi connectivity index (χ1) is 12.4. The smallest absolute Gasteiger partial charge is 0.231 e. The van der Waals surface area contributed by atoms with Crippen molar-refractivity contribution in [2.24, 2.45) is 0 Å². The third-order valence-corrected chi connectivity index (χ3v) is 4.86. The van der Waals surface area contributed by atoms with Gasteiger partial charge in [-0.3, -0.25) is 4.90 Å². The largest absolute Gasteiger partial charge is 0.454 e. The van der Waals surface area contributed by atoms with Crippen molar-refractivity contribution >= 4 is 5.65 Å². The van der Waals surface area contributed by atoms with E-state index < -0.39 is 0 Å². The Bertz CT molecular complexity index is 915. The van der Waals surface area contributed by atoms with Crippen LogP contribution >= 0.6 is 0 Å². The van der Waals surface area contributed by atoms with Crippen LogP contribution in [0.15, 0.2) is 42.6 Å². The van der Waals surface area contributed by atoms with Gasteiger partial charge in [0.25, 0.3) is 0 Å². The SMILES string of the molecule is c1ccn2c(CN3CCNCC3)c(-c3ccc4c(c3)OCO4)nc2c1. The molecule has 2 aliphatic heterocycles. The Hall–Kier alpha value is -2.57. The highest BCUT2D eigenvalue weighted by molar-refractivity contribution is 5.69. The number of aromatic nitrogens is 2. The molecule has 1 N–H and O–H groups in total. The molecule has 128 valence electrons. The number of fused-ring (bicyclic) bond motifs is 2. The number of piperazine rings is 1. The predicted octanol–water partition coefficient (Wildman–Crippen LogP) is 2.14. The lowest BCUT2D eigenvalue weighted by atomic mass is 10.1. The van der Waals surface area contributed by atoms with Gasteiger partial charge in [-0.25, -0.2) is 4.98 Å². The Morgan fingerprint density at radius 3 is 2.84 bits per heavy atom. The summed E-state index contributed by atoms with van der Waals surface area (Å²) in [7, 11) is 0. The van der Waals surface area contributed by atoms with E-state index in [0.717, 1.165) is 61.1 Å². The number of benzene rings is 1. The highest BCUT2D eigenvalue weighted by atomic mass is 16.7. The van der Waals surface area contributed by atoms with Gasteiger partial charge in [0.05, 0.1) is 11.4 Å². The van der Waals surface area contributed by atoms with Crippen molar-refractivity contribution in [3.8, 4) is 22.8 Å². The van der Waals surface area contributed by atoms with E-state index in [4.69, 9.17) is 14.5 Å². The molecule has 6 nitrogen and oxygen atoms in total. The molecule has 1 aromatic carbocycles. The fourth-order valence-corrected chi connectivity index (χ4v) is 3.55. The standard InChI is InChI=1S/C19H20N4O2/c1-2-8-23-15(12-22-9-6-20-7-10-22)19(21-18(23)3-1)14-4-5-16-17(11-14)25-13-24-16/h1-5,8,11,20H,6-7,9-10,12-13H2. The van der Waals surface area contributed by atoms with Crippen LogP contribution < -0.4 is 14.8 Å². The molecular weight excluding hydrogens is 316 g/mol. The summed E-state index contributed by atoms with van der Waals surface area (Å²) in [6.07, 6.45) is 2.09. The summed E-state index contributed by atoms with van der Waals surface area (Å²) in [5, 5.41) is 3.41. The van der Waals surface area contributed by atoms with Crippen LogP contribution in [0.1, 0.15) is 5.69 Å². The number of imidazole rings is 1. The van der Waals surface area contributed by atoms with Gasteiger partial charge >= 0.3 is 0 Å². The Balaban J connectivity index is 1.60. The molecule has 0 radical (unpaired) electrons. The molecule has 0 atom stereocenters. The van der Waals surface area contributed by atoms with Gasteiger partial charge in [-0.15, -0.1) is 0 Å². The number of rotatable bonds is 3. The fraction of sp³-hybridized carbons (Fsp3) is 0.316. The van der Waals surface area contributed by atoms with E-state index >= 15 is 0 Å². The Morgan fingerprint density at radius 1 is 1.04 bits per heavy atom. The quantitative estimate of drug-likeness (QED) is 0.794. The summed E-state index contributed by atoms with van der Waals surface area (Å²) >= 11 is 0. The van der Waals surface area contributed by atoms with E-state index in [1.54, 1.807) is 0 Å². The molecule has 1 fully saturated rings. The van der Waals surface area contributed by atoms with Crippen LogP contribution in [0.3, 0.4) is 0 Å². The van der Waals surface area contributed by atoms with Gasteiger partial charge in [0.1, 0.15) is 5.65 Å². The van der Waals surface area contributed by atoms with Crippen LogP contribution in [0, 0.1) is 0 Å². The van der Waals surface area contributed by atoms with E-state index in [9.17, 15) is 0 Å². The molecule has 2 aliphatic rings. The number of nitrogens with one attached hydrogen (secondary N) is 1. The van der Waals surface area contributed by atoms with Crippen LogP contribution in [0.5, 0.6) is 11.5 Å². The van der Waals surface area contributed by atoms with E-state index in [1.165, 1.54) is 5.69 Å². The fourth-order valence-electron chi connectivity index (χ4n) is 3.55.